The molecule has 0 fully saturated rings. The van der Waals surface area contributed by atoms with Crippen LogP contribution in [-0.4, -0.2) is 24.4 Å². The van der Waals surface area contributed by atoms with Gasteiger partial charge in [0, 0.05) is 0 Å². The van der Waals surface area contributed by atoms with Gasteiger partial charge in [-0.05, 0) is 0 Å². The third kappa shape index (κ3) is 9.16. The van der Waals surface area contributed by atoms with Crippen LogP contribution >= 0.6 is 0 Å². The second kappa shape index (κ2) is 21.2. The first-order chi connectivity index (χ1) is 1.00. The van der Waals surface area contributed by atoms with Crippen molar-refractivity contribution in [2.75, 3.05) is 0 Å². The molecular formula is CH3Br2In. The summed E-state index contributed by atoms with van der Waals surface area (Å²) in [7, 11) is 0. The zero-order chi connectivity index (χ0) is 2.00. The number of hydrogen-bond acceptors (Lipinski definition) is 0. The fourth-order valence-electron chi connectivity index (χ4n) is 0. The first-order valence-electron chi connectivity index (χ1n) is 0.577. The normalized spacial score (nSPS) is 1.75. The van der Waals surface area contributed by atoms with Crippen molar-refractivity contribution in [1.29, 1.82) is 0 Å². The maximum atomic E-state index is 2.13. The van der Waals surface area contributed by atoms with Gasteiger partial charge in [0.25, 0.3) is 0 Å². The summed E-state index contributed by atoms with van der Waals surface area (Å²) in [5.41, 5.74) is 0. The molecule has 0 nitrogen and oxygen atoms in total. The van der Waals surface area contributed by atoms with Crippen LogP contribution in [0.15, 0.2) is 0 Å². The third-order valence-corrected chi connectivity index (χ3v) is 0. The van der Waals surface area contributed by atoms with Gasteiger partial charge in [-0.3, -0.25) is 0 Å². The molecule has 4 heavy (non-hydrogen) atoms. The van der Waals surface area contributed by atoms with Gasteiger partial charge in [0.15, 0.2) is 0 Å². The molecule has 0 amide bonds. The van der Waals surface area contributed by atoms with Crippen LogP contribution < -0.4 is 34.0 Å². The molecule has 0 N–H and O–H groups in total. The van der Waals surface area contributed by atoms with Gasteiger partial charge < -0.3 is 34.0 Å². The van der Waals surface area contributed by atoms with Crippen molar-refractivity contribution in [1.82, 2.24) is 0 Å². The Morgan fingerprint density at radius 2 is 1.00 bits per heavy atom. The quantitative estimate of drug-likeness (QED) is 0.417. The molecule has 0 unspecified atom stereocenters. The van der Waals surface area contributed by atoms with Gasteiger partial charge in [-0.25, -0.2) is 0 Å². The predicted molar refractivity (Wildman–Crippen MR) is 11.6 cm³/mol. The van der Waals surface area contributed by atoms with Crippen LogP contribution in [0, 0.1) is 0 Å². The van der Waals surface area contributed by atoms with E-state index < -0.39 is 0 Å². The second-order valence-corrected chi connectivity index (χ2v) is 0. The van der Waals surface area contributed by atoms with E-state index in [2.05, 4.69) is 4.68 Å². The Hall–Kier alpha value is 1.83. The Morgan fingerprint density at radius 1 is 1.00 bits per heavy atom. The van der Waals surface area contributed by atoms with Gasteiger partial charge in [0.1, 0.15) is 0 Å². The molecule has 3 heteroatoms. The summed E-state index contributed by atoms with van der Waals surface area (Å²) < 4.78 is 2.13. The molecular weight excluding hydrogens is 287 g/mol. The number of rotatable bonds is 0. The molecule has 0 radical (unpaired) electrons. The summed E-state index contributed by atoms with van der Waals surface area (Å²) in [6.07, 6.45) is 0. The molecule has 0 aromatic carbocycles. The summed E-state index contributed by atoms with van der Waals surface area (Å²) >= 11 is 1.35. The minimum atomic E-state index is 0. The molecule has 0 aromatic rings. The van der Waals surface area contributed by atoms with Crippen molar-refractivity contribution in [2.24, 2.45) is 0 Å². The SMILES string of the molecule is [Br-].[Br-].[CH3][In+2]. The Labute approximate surface area is 62.5 Å². The summed E-state index contributed by atoms with van der Waals surface area (Å²) in [4.78, 5) is 0. The van der Waals surface area contributed by atoms with E-state index in [4.69, 9.17) is 0 Å². The van der Waals surface area contributed by atoms with E-state index in [1.165, 1.54) is 24.4 Å². The van der Waals surface area contributed by atoms with Gasteiger partial charge in [0.2, 0.25) is 0 Å². The van der Waals surface area contributed by atoms with Crippen LogP contribution in [0.1, 0.15) is 0 Å². The van der Waals surface area contributed by atoms with Gasteiger partial charge in [-0.1, -0.05) is 0 Å². The van der Waals surface area contributed by atoms with E-state index in [1.54, 1.807) is 0 Å². The molecule has 0 bridgehead atoms. The average molecular weight is 290 g/mol. The summed E-state index contributed by atoms with van der Waals surface area (Å²) in [6.45, 7) is 0. The average Bonchev–Trinajstić information content (AvgIpc) is 1.00. The van der Waals surface area contributed by atoms with Crippen LogP contribution in [0.3, 0.4) is 0 Å². The Morgan fingerprint density at radius 3 is 1.00 bits per heavy atom. The first kappa shape index (κ1) is 17.0. The topological polar surface area (TPSA) is 0 Å². The summed E-state index contributed by atoms with van der Waals surface area (Å²) in [5.74, 6) is 0. The monoisotopic (exact) mass is 288 g/mol. The van der Waals surface area contributed by atoms with E-state index in [0.29, 0.717) is 0 Å². The summed E-state index contributed by atoms with van der Waals surface area (Å²) in [5, 5.41) is 0. The standard InChI is InChI=1S/CH3.2BrH.In/h1H3;2*1H;/q;;;+2/p-2. The molecule has 0 spiro atoms. The van der Waals surface area contributed by atoms with Gasteiger partial charge >= 0.3 is 29.1 Å². The Balaban J connectivity index is -0.00000000500. The maximum absolute atomic E-state index is 2.13. The van der Waals surface area contributed by atoms with E-state index >= 15 is 0 Å². The molecule has 24 valence electrons. The molecule has 0 saturated carbocycles. The molecule has 0 saturated heterocycles. The summed E-state index contributed by atoms with van der Waals surface area (Å²) in [6, 6.07) is 0. The first-order valence-corrected chi connectivity index (χ1v) is 3.87. The second-order valence-electron chi connectivity index (χ2n) is 0. The van der Waals surface area contributed by atoms with Crippen LogP contribution in [-0.2, 0) is 0 Å². The van der Waals surface area contributed by atoms with Crippen molar-refractivity contribution in [3.05, 3.63) is 0 Å². The van der Waals surface area contributed by atoms with Gasteiger partial charge in [0.05, 0.1) is 0 Å². The van der Waals surface area contributed by atoms with E-state index in [1.807, 2.05) is 0 Å². The molecule has 0 atom stereocenters. The van der Waals surface area contributed by atoms with Crippen molar-refractivity contribution in [3.8, 4) is 0 Å². The van der Waals surface area contributed by atoms with Gasteiger partial charge in [-0.2, -0.15) is 0 Å². The molecule has 0 aliphatic rings. The zero-order valence-electron chi connectivity index (χ0n) is 2.33. The van der Waals surface area contributed by atoms with E-state index in [9.17, 15) is 0 Å². The van der Waals surface area contributed by atoms with Crippen molar-refractivity contribution < 1.29 is 34.0 Å². The third-order valence-electron chi connectivity index (χ3n) is 0. The molecule has 0 aromatic heterocycles. The molecule has 0 rings (SSSR count). The van der Waals surface area contributed by atoms with Crippen LogP contribution in [0.25, 0.3) is 0 Å². The number of hydrogen-bond donors (Lipinski definition) is 0. The predicted octanol–water partition coefficient (Wildman–Crippen LogP) is -5.79. The fraction of sp³-hybridized carbons (Fsp3) is 1.00. The van der Waals surface area contributed by atoms with Crippen molar-refractivity contribution in [3.63, 3.8) is 0 Å². The molecule has 0 aliphatic heterocycles. The fourth-order valence-corrected chi connectivity index (χ4v) is 0. The molecule has 0 heterocycles. The Bertz CT molecular complexity index is 6.00. The minimum absolute atomic E-state index is 0. The van der Waals surface area contributed by atoms with Crippen LogP contribution in [0.4, 0.5) is 0 Å². The van der Waals surface area contributed by atoms with E-state index in [-0.39, 0.29) is 34.0 Å². The Kier molecular flexibility index (Phi) is 89.8. The molecule has 0 aliphatic carbocycles. The van der Waals surface area contributed by atoms with Gasteiger partial charge in [-0.15, -0.1) is 0 Å². The van der Waals surface area contributed by atoms with E-state index in [0.717, 1.165) is 0 Å². The number of halogens is 2. The zero-order valence-corrected chi connectivity index (χ0v) is 8.80. The van der Waals surface area contributed by atoms with Crippen molar-refractivity contribution >= 4 is 24.4 Å². The van der Waals surface area contributed by atoms with Crippen molar-refractivity contribution in [2.45, 2.75) is 4.68 Å². The van der Waals surface area contributed by atoms with Crippen LogP contribution in [0.2, 0.25) is 4.68 Å². The van der Waals surface area contributed by atoms with Crippen LogP contribution in [0.5, 0.6) is 0 Å².